The summed E-state index contributed by atoms with van der Waals surface area (Å²) < 4.78 is 0. The molecule has 0 radical (unpaired) electrons. The molecule has 6 nitrogen and oxygen atoms in total. The lowest BCUT2D eigenvalue weighted by molar-refractivity contribution is -0.136. The molecule has 0 saturated carbocycles. The number of rotatable bonds is 11. The second kappa shape index (κ2) is 15.6. The second-order valence-corrected chi connectivity index (χ2v) is 13.5. The Labute approximate surface area is 298 Å². The fraction of sp³-hybridized carbons (Fsp3) is 0.220. The first-order valence-electron chi connectivity index (χ1n) is 16.6. The quantitative estimate of drug-likeness (QED) is 0.137. The third-order valence-corrected chi connectivity index (χ3v) is 9.93. The summed E-state index contributed by atoms with van der Waals surface area (Å²) in [7, 11) is 0. The summed E-state index contributed by atoms with van der Waals surface area (Å²) in [5.74, 6) is 0.400. The summed E-state index contributed by atoms with van der Waals surface area (Å²) >= 11 is 12.5. The van der Waals surface area contributed by atoms with Gasteiger partial charge in [0.2, 0.25) is 5.91 Å². The van der Waals surface area contributed by atoms with Gasteiger partial charge in [-0.2, -0.15) is 0 Å². The van der Waals surface area contributed by atoms with Gasteiger partial charge in [0.1, 0.15) is 0 Å². The molecule has 0 aliphatic carbocycles. The summed E-state index contributed by atoms with van der Waals surface area (Å²) in [6.07, 6.45) is 2.37. The van der Waals surface area contributed by atoms with Crippen molar-refractivity contribution < 1.29 is 9.59 Å². The predicted molar refractivity (Wildman–Crippen MR) is 201 cm³/mol. The summed E-state index contributed by atoms with van der Waals surface area (Å²) in [6, 6.07) is 37.2. The van der Waals surface area contributed by atoms with Crippen molar-refractivity contribution in [1.29, 1.82) is 0 Å². The third kappa shape index (κ3) is 8.45. The largest absolute Gasteiger partial charge is 0.386 e. The van der Waals surface area contributed by atoms with Gasteiger partial charge in [0.15, 0.2) is 0 Å². The number of amides is 2. The topological polar surface area (TPSA) is 78.7 Å². The first-order valence-corrected chi connectivity index (χ1v) is 17.4. The zero-order valence-electron chi connectivity index (χ0n) is 27.3. The molecule has 3 N–H and O–H groups in total. The van der Waals surface area contributed by atoms with Crippen LogP contribution in [0, 0.1) is 0 Å². The molecule has 2 amide bonds. The van der Waals surface area contributed by atoms with E-state index in [-0.39, 0.29) is 30.3 Å². The number of carbonyl (C=O) groups is 2. The highest BCUT2D eigenvalue weighted by atomic mass is 35.5. The Morgan fingerprint density at radius 1 is 0.735 bits per heavy atom. The molecular weight excluding hydrogens is 651 g/mol. The Kier molecular flexibility index (Phi) is 10.9. The molecule has 5 aromatic carbocycles. The molecule has 0 bridgehead atoms. The Balaban J connectivity index is 1.30. The predicted octanol–water partition coefficient (Wildman–Crippen LogP) is 8.12. The van der Waals surface area contributed by atoms with Gasteiger partial charge >= 0.3 is 0 Å². The molecule has 250 valence electrons. The molecule has 1 aliphatic heterocycles. The van der Waals surface area contributed by atoms with Gasteiger partial charge in [-0.1, -0.05) is 121 Å². The van der Waals surface area contributed by atoms with Gasteiger partial charge < -0.3 is 20.9 Å². The van der Waals surface area contributed by atoms with E-state index in [4.69, 9.17) is 28.9 Å². The van der Waals surface area contributed by atoms with E-state index in [9.17, 15) is 9.59 Å². The van der Waals surface area contributed by atoms with E-state index >= 15 is 0 Å². The van der Waals surface area contributed by atoms with Crippen LogP contribution in [-0.4, -0.2) is 53.3 Å². The Morgan fingerprint density at radius 3 is 2.24 bits per heavy atom. The second-order valence-electron chi connectivity index (χ2n) is 12.7. The van der Waals surface area contributed by atoms with Crippen LogP contribution in [0.15, 0.2) is 128 Å². The van der Waals surface area contributed by atoms with Crippen LogP contribution in [0.4, 0.5) is 0 Å². The molecule has 49 heavy (non-hydrogen) atoms. The summed E-state index contributed by atoms with van der Waals surface area (Å²) in [6.45, 7) is 5.22. The lowest BCUT2D eigenvalue weighted by atomic mass is 9.94. The maximum Gasteiger partial charge on any atom is 0.254 e. The number of piperazine rings is 1. The van der Waals surface area contributed by atoms with Crippen LogP contribution in [0.2, 0.25) is 10.0 Å². The summed E-state index contributed by atoms with van der Waals surface area (Å²) in [4.78, 5) is 32.7. The van der Waals surface area contributed by atoms with Gasteiger partial charge in [-0.3, -0.25) is 9.59 Å². The average Bonchev–Trinajstić information content (AvgIpc) is 3.11. The molecule has 8 heteroatoms. The Morgan fingerprint density at radius 2 is 1.47 bits per heavy atom. The maximum absolute atomic E-state index is 14.5. The van der Waals surface area contributed by atoms with Crippen molar-refractivity contribution in [2.75, 3.05) is 19.6 Å². The number of carbonyl (C=O) groups excluding carboxylic acids is 2. The highest BCUT2D eigenvalue weighted by Crippen LogP contribution is 2.30. The van der Waals surface area contributed by atoms with Crippen LogP contribution in [0.5, 0.6) is 0 Å². The van der Waals surface area contributed by atoms with Crippen molar-refractivity contribution in [1.82, 2.24) is 15.1 Å². The van der Waals surface area contributed by atoms with Crippen molar-refractivity contribution in [3.05, 3.63) is 154 Å². The van der Waals surface area contributed by atoms with Crippen molar-refractivity contribution >= 4 is 45.8 Å². The van der Waals surface area contributed by atoms with Crippen LogP contribution < -0.4 is 11.1 Å². The van der Waals surface area contributed by atoms with Gasteiger partial charge in [0.05, 0.1) is 28.3 Å². The minimum atomic E-state index is -0.198. The van der Waals surface area contributed by atoms with Crippen LogP contribution in [0.25, 0.3) is 21.9 Å². The highest BCUT2D eigenvalue weighted by molar-refractivity contribution is 6.42. The molecule has 0 spiro atoms. The van der Waals surface area contributed by atoms with E-state index in [1.165, 1.54) is 0 Å². The normalized spacial score (nSPS) is 16.0. The number of nitrogens with zero attached hydrogens (tertiary/aromatic N) is 2. The molecule has 1 saturated heterocycles. The molecule has 1 aliphatic rings. The van der Waals surface area contributed by atoms with Gasteiger partial charge in [-0.15, -0.1) is 0 Å². The van der Waals surface area contributed by atoms with Gasteiger partial charge in [0.25, 0.3) is 5.91 Å². The van der Waals surface area contributed by atoms with Gasteiger partial charge in [-0.05, 0) is 76.6 Å². The fourth-order valence-electron chi connectivity index (χ4n) is 6.70. The fourth-order valence-corrected chi connectivity index (χ4v) is 6.99. The zero-order valence-corrected chi connectivity index (χ0v) is 28.8. The lowest BCUT2D eigenvalue weighted by Gasteiger charge is -2.47. The van der Waals surface area contributed by atoms with E-state index in [1.54, 1.807) is 6.07 Å². The number of nitrogens with one attached hydrogen (secondary N) is 1. The number of hydrogen-bond acceptors (Lipinski definition) is 4. The molecule has 1 fully saturated rings. The maximum atomic E-state index is 14.5. The Hall–Kier alpha value is -4.78. The first kappa shape index (κ1) is 34.1. The highest BCUT2D eigenvalue weighted by Gasteiger charge is 2.38. The lowest BCUT2D eigenvalue weighted by Crippen LogP contribution is -2.62. The van der Waals surface area contributed by atoms with E-state index in [2.05, 4.69) is 48.3 Å². The van der Waals surface area contributed by atoms with Gasteiger partial charge in [0, 0.05) is 31.2 Å². The number of nitrogens with two attached hydrogens (primary N) is 1. The molecule has 1 heterocycles. The third-order valence-electron chi connectivity index (χ3n) is 9.19. The minimum absolute atomic E-state index is 0.0587. The minimum Gasteiger partial charge on any atom is -0.386 e. The molecule has 5 aromatic rings. The molecule has 2 atom stereocenters. The van der Waals surface area contributed by atoms with Gasteiger partial charge in [-0.25, -0.2) is 0 Å². The molecule has 0 unspecified atom stereocenters. The molecular formula is C41H40Cl2N4O2. The summed E-state index contributed by atoms with van der Waals surface area (Å²) in [5.41, 5.74) is 10.2. The van der Waals surface area contributed by atoms with Crippen molar-refractivity contribution in [2.24, 2.45) is 5.73 Å². The Bertz CT molecular complexity index is 1960. The summed E-state index contributed by atoms with van der Waals surface area (Å²) in [5, 5.41) is 6.28. The molecule has 0 aromatic heterocycles. The first-order chi connectivity index (χ1) is 23.7. The van der Waals surface area contributed by atoms with E-state index in [1.807, 2.05) is 82.6 Å². The van der Waals surface area contributed by atoms with Crippen LogP contribution in [0.3, 0.4) is 0 Å². The van der Waals surface area contributed by atoms with E-state index < -0.39 is 0 Å². The van der Waals surface area contributed by atoms with Crippen molar-refractivity contribution in [3.63, 3.8) is 0 Å². The van der Waals surface area contributed by atoms with E-state index in [0.29, 0.717) is 53.9 Å². The monoisotopic (exact) mass is 690 g/mol. The van der Waals surface area contributed by atoms with Crippen molar-refractivity contribution in [3.8, 4) is 11.1 Å². The number of halogens is 2. The van der Waals surface area contributed by atoms with Crippen LogP contribution in [0.1, 0.15) is 34.3 Å². The molecule has 6 rings (SSSR count). The van der Waals surface area contributed by atoms with Crippen LogP contribution >= 0.6 is 23.2 Å². The smallest absolute Gasteiger partial charge is 0.254 e. The number of hydrogen-bond donors (Lipinski definition) is 2. The number of fused-ring (bicyclic) bond motifs is 1. The van der Waals surface area contributed by atoms with E-state index in [0.717, 1.165) is 39.4 Å². The zero-order chi connectivity index (χ0) is 34.3. The average molecular weight is 692 g/mol. The number of benzene rings is 5. The van der Waals surface area contributed by atoms with Crippen LogP contribution in [-0.2, 0) is 17.6 Å². The standard InChI is InChI=1S/C41H40Cl2N4O2/c1-28(44)45-20-8-15-36-26-46(40(48)23-30-16-17-31-11-5-6-12-32(31)21-30)37(22-29-9-3-2-4-10-29)27-47(36)41(49)35-14-7-13-33(24-35)34-18-19-38(42)39(43)25-34/h2-7,9-14,16-19,21,24-25,36-37,45H,1,8,15,20,22-23,26-27,44H2/t36-,37+/m0/s1. The SMILES string of the molecule is C=C(N)NCCC[C@H]1CN(C(=O)Cc2ccc3ccccc3c2)[C@H](Cc2ccccc2)CN1C(=O)c1cccc(-c2ccc(Cl)c(Cl)c2)c1. The van der Waals surface area contributed by atoms with Crippen molar-refractivity contribution in [2.45, 2.75) is 37.8 Å².